The van der Waals surface area contributed by atoms with Crippen LogP contribution in [0.5, 0.6) is 11.5 Å². The Hall–Kier alpha value is -2.68. The highest BCUT2D eigenvalue weighted by Crippen LogP contribution is 2.35. The van der Waals surface area contributed by atoms with Crippen molar-refractivity contribution in [2.24, 2.45) is 0 Å². The molecule has 0 bridgehead atoms. The molecular weight excluding hydrogens is 423 g/mol. The second-order valence-electron chi connectivity index (χ2n) is 5.83. The molecule has 4 rings (SSSR count). The van der Waals surface area contributed by atoms with Gasteiger partial charge in [0.15, 0.2) is 11.5 Å². The first-order valence-electron chi connectivity index (χ1n) is 16.5. The van der Waals surface area contributed by atoms with E-state index in [1.54, 1.807) is 0 Å². The van der Waals surface area contributed by atoms with E-state index in [4.69, 9.17) is 43.0 Å². The maximum Gasteiger partial charge on any atom is 0.162 e. The Labute approximate surface area is 207 Å². The average Bonchev–Trinajstić information content (AvgIpc) is 2.90. The summed E-state index contributed by atoms with van der Waals surface area (Å²) in [6, 6.07) is -0.638. The molecule has 7 nitrogen and oxygen atoms in total. The molecule has 9 heteroatoms. The SMILES string of the molecule is [2H]c1c([2H])c(Nc2ncnc3cc(OC([2H])([2H])[2H])c(OC([2H])([2H])C([2H])([2H])C([2H])([2H])N4CC([2H])([2H])OC([2H])([2H])C4)cc23)c([2H])c(Cl)c1F. The molecule has 2 aromatic carbocycles. The molecule has 0 radical (unpaired) electrons. The number of methoxy groups -OCH3 is 1. The molecule has 1 aromatic heterocycles. The number of halogens is 2. The van der Waals surface area contributed by atoms with E-state index in [0.29, 0.717) is 4.90 Å². The van der Waals surface area contributed by atoms with Gasteiger partial charge in [0.25, 0.3) is 0 Å². The first-order valence-corrected chi connectivity index (χ1v) is 8.91. The van der Waals surface area contributed by atoms with Crippen LogP contribution >= 0.6 is 11.6 Å². The van der Waals surface area contributed by atoms with Gasteiger partial charge in [0.2, 0.25) is 0 Å². The zero-order valence-electron chi connectivity index (χ0n) is 31.5. The maximum atomic E-state index is 14.2. The third-order valence-electron chi connectivity index (χ3n) is 3.86. The second-order valence-corrected chi connectivity index (χ2v) is 6.21. The Balaban J connectivity index is 1.83. The summed E-state index contributed by atoms with van der Waals surface area (Å²) in [5.41, 5.74) is -0.583. The van der Waals surface area contributed by atoms with Crippen LogP contribution in [0.15, 0.2) is 36.6 Å². The highest BCUT2D eigenvalue weighted by atomic mass is 35.5. The molecule has 1 aliphatic rings. The molecule has 1 fully saturated rings. The number of rotatable bonds is 8. The first kappa shape index (κ1) is 9.44. The lowest BCUT2D eigenvalue weighted by Gasteiger charge is -2.26. The molecule has 1 N–H and O–H groups in total. The van der Waals surface area contributed by atoms with Gasteiger partial charge in [-0.05, 0) is 30.6 Å². The number of nitrogens with one attached hydrogen (secondary N) is 1. The van der Waals surface area contributed by atoms with Crippen molar-refractivity contribution < 1.29 is 40.5 Å². The molecule has 0 aliphatic carbocycles. The second kappa shape index (κ2) is 10.1. The predicted molar refractivity (Wildman–Crippen MR) is 118 cm³/mol. The molecular formula is C22H24ClFN4O3. The summed E-state index contributed by atoms with van der Waals surface area (Å²) >= 11 is 5.80. The third kappa shape index (κ3) is 5.33. The van der Waals surface area contributed by atoms with Crippen LogP contribution in [0.2, 0.25) is 5.02 Å². The summed E-state index contributed by atoms with van der Waals surface area (Å²) in [7, 11) is -3.18. The largest absolute Gasteiger partial charge is 0.493 e. The smallest absolute Gasteiger partial charge is 0.162 e. The summed E-state index contributed by atoms with van der Waals surface area (Å²) < 4.78 is 157. The fourth-order valence-corrected chi connectivity index (χ4v) is 2.60. The summed E-state index contributed by atoms with van der Waals surface area (Å²) in [5.74, 6) is -3.15. The number of fused-ring (bicyclic) bond motifs is 1. The topological polar surface area (TPSA) is 68.7 Å². The van der Waals surface area contributed by atoms with Crippen LogP contribution in [-0.4, -0.2) is 61.2 Å². The fraction of sp³-hybridized carbons (Fsp3) is 0.364. The van der Waals surface area contributed by atoms with Crippen LogP contribution in [0, 0.1) is 5.82 Å². The van der Waals surface area contributed by atoms with E-state index < -0.39 is 98.8 Å². The van der Waals surface area contributed by atoms with Crippen molar-refractivity contribution in [1.82, 2.24) is 14.9 Å². The minimum atomic E-state index is -3.75. The van der Waals surface area contributed by atoms with Crippen LogP contribution < -0.4 is 14.8 Å². The fourth-order valence-electron chi connectivity index (χ4n) is 2.46. The average molecular weight is 463 g/mol. The molecule has 164 valence electrons. The Kier molecular flexibility index (Phi) is 3.07. The van der Waals surface area contributed by atoms with Gasteiger partial charge in [0.1, 0.15) is 18.0 Å². The summed E-state index contributed by atoms with van der Waals surface area (Å²) in [6.45, 7) is -14.8. The number of aromatic nitrogens is 2. The number of hydrogen-bond donors (Lipinski definition) is 1. The first-order chi connectivity index (χ1) is 21.2. The Morgan fingerprint density at radius 1 is 1.35 bits per heavy atom. The number of ether oxygens (including phenoxy) is 3. The number of nitrogens with zero attached hydrogens (tertiary/aromatic N) is 3. The zero-order chi connectivity index (χ0) is 35.7. The van der Waals surface area contributed by atoms with E-state index in [1.807, 2.05) is 0 Å². The van der Waals surface area contributed by atoms with Gasteiger partial charge in [-0.25, -0.2) is 14.4 Å². The predicted octanol–water partition coefficient (Wildman–Crippen LogP) is 4.28. The van der Waals surface area contributed by atoms with E-state index in [-0.39, 0.29) is 16.7 Å². The highest BCUT2D eigenvalue weighted by Gasteiger charge is 2.14. The van der Waals surface area contributed by atoms with Gasteiger partial charge >= 0.3 is 0 Å². The van der Waals surface area contributed by atoms with Crippen LogP contribution in [-0.2, 0) is 4.74 Å². The summed E-state index contributed by atoms with van der Waals surface area (Å²) in [6.07, 6.45) is -2.80. The molecule has 0 saturated carbocycles. The monoisotopic (exact) mass is 462 g/mol. The molecule has 0 amide bonds. The van der Waals surface area contributed by atoms with E-state index in [2.05, 4.69) is 20.0 Å². The number of hydrogen-bond acceptors (Lipinski definition) is 7. The van der Waals surface area contributed by atoms with E-state index >= 15 is 0 Å². The number of morpholine rings is 1. The molecule has 3 aromatic rings. The number of benzene rings is 2. The van der Waals surface area contributed by atoms with Gasteiger partial charge in [-0.2, -0.15) is 0 Å². The van der Waals surface area contributed by atoms with Gasteiger partial charge in [-0.3, -0.25) is 4.90 Å². The van der Waals surface area contributed by atoms with Crippen molar-refractivity contribution >= 4 is 34.0 Å². The molecule has 1 aliphatic heterocycles. The Morgan fingerprint density at radius 3 is 3.06 bits per heavy atom. The van der Waals surface area contributed by atoms with Gasteiger partial charge in [0, 0.05) is 42.2 Å². The lowest BCUT2D eigenvalue weighted by molar-refractivity contribution is 0.0357. The minimum absolute atomic E-state index is 0.108. The van der Waals surface area contributed by atoms with Crippen molar-refractivity contribution in [3.8, 4) is 11.5 Å². The van der Waals surface area contributed by atoms with E-state index in [1.165, 1.54) is 0 Å². The minimum Gasteiger partial charge on any atom is -0.493 e. The Morgan fingerprint density at radius 2 is 2.23 bits per heavy atom. The van der Waals surface area contributed by atoms with E-state index in [9.17, 15) is 4.39 Å². The van der Waals surface area contributed by atoms with Gasteiger partial charge in [-0.1, -0.05) is 11.6 Å². The third-order valence-corrected chi connectivity index (χ3v) is 4.12. The van der Waals surface area contributed by atoms with Gasteiger partial charge in [0.05, 0.1) is 53.7 Å². The standard InChI is InChI=1S/C22H24ClFN4O3/c1-29-20-13-19-16(12-21(20)31-8-2-5-28-6-9-30-10-7-28)22(26-14-25-19)27-15-3-4-18(24)17(23)11-15/h3-4,11-14H,2,5-10H2,1H3,(H,25,26,27)/i1D3,2D2,3D,4D,5D2,8D2,9D2,10D2,11D. The van der Waals surface area contributed by atoms with Crippen molar-refractivity contribution in [1.29, 1.82) is 0 Å². The van der Waals surface area contributed by atoms with E-state index in [0.717, 1.165) is 18.5 Å². The maximum absolute atomic E-state index is 14.2. The lowest BCUT2D eigenvalue weighted by atomic mass is 10.2. The van der Waals surface area contributed by atoms with Gasteiger partial charge in [-0.15, -0.1) is 0 Å². The normalized spacial score (nSPS) is 27.2. The summed E-state index contributed by atoms with van der Waals surface area (Å²) in [4.78, 5) is 8.32. The number of anilines is 2. The van der Waals surface area contributed by atoms with Gasteiger partial charge < -0.3 is 19.5 Å². The van der Waals surface area contributed by atoms with Crippen molar-refractivity contribution in [3.63, 3.8) is 0 Å². The lowest BCUT2D eigenvalue weighted by Crippen LogP contribution is -2.37. The molecule has 0 unspecified atom stereocenters. The Bertz CT molecular complexity index is 1670. The van der Waals surface area contributed by atoms with Crippen LogP contribution in [0.1, 0.15) is 28.3 Å². The molecule has 1 saturated heterocycles. The van der Waals surface area contributed by atoms with Crippen molar-refractivity contribution in [2.45, 2.75) is 6.37 Å². The molecule has 0 spiro atoms. The quantitative estimate of drug-likeness (QED) is 0.536. The van der Waals surface area contributed by atoms with Crippen molar-refractivity contribution in [2.75, 3.05) is 51.6 Å². The summed E-state index contributed by atoms with van der Waals surface area (Å²) in [5, 5.41) is 1.61. The van der Waals surface area contributed by atoms with Crippen LogP contribution in [0.3, 0.4) is 0 Å². The molecule has 31 heavy (non-hydrogen) atoms. The van der Waals surface area contributed by atoms with Crippen molar-refractivity contribution in [3.05, 3.63) is 47.4 Å². The molecule has 2 heterocycles. The van der Waals surface area contributed by atoms with Crippen LogP contribution in [0.25, 0.3) is 10.9 Å². The van der Waals surface area contributed by atoms with Crippen LogP contribution in [0.4, 0.5) is 15.9 Å². The zero-order valence-corrected chi connectivity index (χ0v) is 16.2. The highest BCUT2D eigenvalue weighted by molar-refractivity contribution is 6.31. The molecule has 0 atom stereocenters.